The van der Waals surface area contributed by atoms with Gasteiger partial charge in [0.1, 0.15) is 5.75 Å². The van der Waals surface area contributed by atoms with Crippen molar-refractivity contribution in [3.05, 3.63) is 58.1 Å². The van der Waals surface area contributed by atoms with E-state index in [4.69, 9.17) is 25.8 Å². The number of nitrogens with zero attached hydrogens (tertiary/aromatic N) is 2. The van der Waals surface area contributed by atoms with Gasteiger partial charge in [0.05, 0.1) is 40.8 Å². The molecule has 8 nitrogen and oxygen atoms in total. The zero-order valence-electron chi connectivity index (χ0n) is 29.5. The van der Waals surface area contributed by atoms with E-state index in [-0.39, 0.29) is 28.1 Å². The number of benzene rings is 2. The van der Waals surface area contributed by atoms with Crippen molar-refractivity contribution in [1.29, 1.82) is 0 Å². The van der Waals surface area contributed by atoms with Gasteiger partial charge in [-0.15, -0.1) is 0 Å². The summed E-state index contributed by atoms with van der Waals surface area (Å²) in [6.07, 6.45) is 8.16. The molecule has 2 aromatic carbocycles. The van der Waals surface area contributed by atoms with E-state index < -0.39 is 9.71 Å². The fraction of sp³-hybridized carbons (Fsp3) is 0.641. The van der Waals surface area contributed by atoms with E-state index >= 15 is 0 Å². The minimum absolute atomic E-state index is 0.119. The number of aryl methyl sites for hydroxylation is 1. The summed E-state index contributed by atoms with van der Waals surface area (Å²) >= 11 is 6.50. The smallest absolute Gasteiger partial charge is 0.262 e. The van der Waals surface area contributed by atoms with E-state index in [1.807, 2.05) is 32.2 Å². The van der Waals surface area contributed by atoms with Crippen molar-refractivity contribution in [2.45, 2.75) is 81.5 Å². The molecule has 3 heterocycles. The van der Waals surface area contributed by atoms with E-state index in [1.54, 1.807) is 6.07 Å². The second-order valence-electron chi connectivity index (χ2n) is 15.6. The Labute approximate surface area is 298 Å². The van der Waals surface area contributed by atoms with Gasteiger partial charge < -0.3 is 19.1 Å². The van der Waals surface area contributed by atoms with Crippen molar-refractivity contribution in [2.75, 3.05) is 64.6 Å². The van der Waals surface area contributed by atoms with Crippen LogP contribution in [0.25, 0.3) is 0 Å². The van der Waals surface area contributed by atoms with Crippen molar-refractivity contribution in [3.63, 3.8) is 0 Å². The highest BCUT2D eigenvalue weighted by Gasteiger charge is 2.50. The molecule has 1 saturated heterocycles. The van der Waals surface area contributed by atoms with Crippen molar-refractivity contribution in [3.8, 4) is 5.75 Å². The molecule has 7 atom stereocenters. The third-order valence-corrected chi connectivity index (χ3v) is 15.2. The van der Waals surface area contributed by atoms with Crippen LogP contribution in [0.15, 0.2) is 36.4 Å². The third-order valence-electron chi connectivity index (χ3n) is 12.8. The maximum atomic E-state index is 14.0. The number of fused-ring (bicyclic) bond motifs is 4. The number of nitrogens with one attached hydrogen (secondary N) is 1. The molecule has 10 heteroatoms. The first kappa shape index (κ1) is 35.1. The van der Waals surface area contributed by atoms with E-state index in [0.29, 0.717) is 24.0 Å². The fourth-order valence-corrected chi connectivity index (χ4v) is 11.2. The molecule has 0 aromatic heterocycles. The summed E-state index contributed by atoms with van der Waals surface area (Å²) in [5.41, 5.74) is 3.53. The summed E-state index contributed by atoms with van der Waals surface area (Å²) in [5.74, 6) is 5.45. The topological polar surface area (TPSA) is 80.3 Å². The van der Waals surface area contributed by atoms with Crippen molar-refractivity contribution in [1.82, 2.24) is 9.62 Å². The molecule has 1 N–H and O–H groups in total. The average molecular weight is 712 g/mol. The molecule has 268 valence electrons. The zero-order chi connectivity index (χ0) is 34.4. The quantitative estimate of drug-likeness (QED) is 0.384. The summed E-state index contributed by atoms with van der Waals surface area (Å²) in [4.78, 5) is 18.8. The minimum atomic E-state index is -2.91. The second-order valence-corrected chi connectivity index (χ2v) is 18.5. The largest absolute Gasteiger partial charge is 0.490 e. The van der Waals surface area contributed by atoms with Crippen LogP contribution in [0.3, 0.4) is 0 Å². The molecule has 7 rings (SSSR count). The highest BCUT2D eigenvalue weighted by atomic mass is 35.5. The maximum absolute atomic E-state index is 14.0. The monoisotopic (exact) mass is 711 g/mol. The Morgan fingerprint density at radius 3 is 2.65 bits per heavy atom. The standard InChI is InChI=1S/C39H54ClN3O5S/c1-27-7-5-16-39(46-3,25-42-17-19-47-20-18-42)34-12-9-31(34)23-43-24-38(15-6-8-29-21-32(40)11-13-33(29)38)26-48-36-14-10-30(22-35(36)43)37(44)41-49(4,45)28(27)2/h10-11,13-14,21-22,27-28,31,34H,4-9,12,15-20,23-26H2,1-3H3,(H,41,44,45)/t27-,28+,31-,34+,38-,39-,49?/m0/s1. The minimum Gasteiger partial charge on any atom is -0.490 e. The van der Waals surface area contributed by atoms with Crippen LogP contribution >= 0.6 is 11.6 Å². The van der Waals surface area contributed by atoms with Gasteiger partial charge in [0.2, 0.25) is 0 Å². The van der Waals surface area contributed by atoms with Gasteiger partial charge in [0.15, 0.2) is 0 Å². The summed E-state index contributed by atoms with van der Waals surface area (Å²) in [6.45, 7) is 10.5. The number of amides is 1. The van der Waals surface area contributed by atoms with Crippen LogP contribution in [0.5, 0.6) is 5.75 Å². The average Bonchev–Trinajstić information content (AvgIpc) is 3.22. The Bertz CT molecular complexity index is 1650. The van der Waals surface area contributed by atoms with Gasteiger partial charge >= 0.3 is 0 Å². The van der Waals surface area contributed by atoms with E-state index in [1.165, 1.54) is 11.1 Å². The Morgan fingerprint density at radius 2 is 1.90 bits per heavy atom. The third kappa shape index (κ3) is 6.87. The first-order chi connectivity index (χ1) is 23.5. The van der Waals surface area contributed by atoms with Crippen LogP contribution in [0.1, 0.15) is 80.3 Å². The van der Waals surface area contributed by atoms with E-state index in [9.17, 15) is 9.00 Å². The molecule has 2 fully saturated rings. The number of hydrogen-bond donors (Lipinski definition) is 1. The van der Waals surface area contributed by atoms with Gasteiger partial charge in [-0.05, 0) is 117 Å². The van der Waals surface area contributed by atoms with Gasteiger partial charge in [0.25, 0.3) is 5.91 Å². The molecule has 49 heavy (non-hydrogen) atoms. The molecular formula is C39H54ClN3O5S. The summed E-state index contributed by atoms with van der Waals surface area (Å²) in [7, 11) is -0.995. The molecule has 2 bridgehead atoms. The first-order valence-electron chi connectivity index (χ1n) is 18.4. The van der Waals surface area contributed by atoms with Crippen molar-refractivity contribution in [2.24, 2.45) is 17.8 Å². The number of anilines is 1. The van der Waals surface area contributed by atoms with Crippen LogP contribution in [-0.4, -0.2) is 91.4 Å². The molecular weight excluding hydrogens is 658 g/mol. The van der Waals surface area contributed by atoms with Gasteiger partial charge in [-0.2, -0.15) is 0 Å². The van der Waals surface area contributed by atoms with Crippen molar-refractivity contribution < 1.29 is 23.2 Å². The predicted octanol–water partition coefficient (Wildman–Crippen LogP) is 6.13. The number of ether oxygens (including phenoxy) is 3. The highest BCUT2D eigenvalue weighted by molar-refractivity contribution is 7.99. The number of morpholine rings is 1. The molecule has 2 aromatic rings. The molecule has 3 aliphatic heterocycles. The number of carbonyl (C=O) groups is 1. The molecule has 2 aliphatic carbocycles. The van der Waals surface area contributed by atoms with Crippen LogP contribution in [0.2, 0.25) is 5.02 Å². The Hall–Kier alpha value is -2.30. The summed E-state index contributed by atoms with van der Waals surface area (Å²) in [5, 5.41) is 0.492. The lowest BCUT2D eigenvalue weighted by Crippen LogP contribution is -2.58. The Kier molecular flexibility index (Phi) is 10.0. The fourth-order valence-electron chi connectivity index (χ4n) is 9.50. The van der Waals surface area contributed by atoms with Crippen LogP contribution in [0.4, 0.5) is 5.69 Å². The lowest BCUT2D eigenvalue weighted by molar-refractivity contribution is -0.137. The molecule has 1 saturated carbocycles. The number of methoxy groups -OCH3 is 1. The maximum Gasteiger partial charge on any atom is 0.262 e. The highest BCUT2D eigenvalue weighted by Crippen LogP contribution is 2.50. The SMILES string of the molecule is C=S1(=O)NC(=O)c2ccc3c(c2)N(C[C@@H]2CC[C@H]2[C@](CN2CCOCC2)(OC)CCC[C@H](C)[C@H]1C)C[C@@]1(CCCc2cc(Cl)ccc21)CO3. The second kappa shape index (κ2) is 14.0. The number of hydrogen-bond acceptors (Lipinski definition) is 7. The summed E-state index contributed by atoms with van der Waals surface area (Å²) < 4.78 is 36.0. The van der Waals surface area contributed by atoms with Crippen LogP contribution < -0.4 is 14.4 Å². The van der Waals surface area contributed by atoms with Gasteiger partial charge in [0, 0.05) is 61.1 Å². The molecule has 5 aliphatic rings. The molecule has 1 spiro atoms. The molecule has 1 amide bonds. The number of rotatable bonds is 3. The molecule has 0 radical (unpaired) electrons. The Balaban J connectivity index is 1.30. The van der Waals surface area contributed by atoms with Gasteiger partial charge in [-0.1, -0.05) is 31.0 Å². The first-order valence-corrected chi connectivity index (χ1v) is 20.5. The number of halogens is 1. The lowest BCUT2D eigenvalue weighted by Gasteiger charge is -2.53. The predicted molar refractivity (Wildman–Crippen MR) is 199 cm³/mol. The van der Waals surface area contributed by atoms with Crippen LogP contribution in [0, 0.1) is 17.8 Å². The van der Waals surface area contributed by atoms with Crippen molar-refractivity contribution >= 4 is 38.8 Å². The Morgan fingerprint density at radius 1 is 1.08 bits per heavy atom. The van der Waals surface area contributed by atoms with Crippen LogP contribution in [-0.2, 0) is 31.0 Å². The summed E-state index contributed by atoms with van der Waals surface area (Å²) in [6, 6.07) is 12.0. The normalized spacial score (nSPS) is 35.7. The van der Waals surface area contributed by atoms with E-state index in [2.05, 4.69) is 39.4 Å². The van der Waals surface area contributed by atoms with E-state index in [0.717, 1.165) is 114 Å². The lowest BCUT2D eigenvalue weighted by atomic mass is 9.62. The van der Waals surface area contributed by atoms with Gasteiger partial charge in [-0.3, -0.25) is 14.4 Å². The number of carbonyl (C=O) groups excluding carboxylic acids is 1. The zero-order valence-corrected chi connectivity index (χ0v) is 31.1. The molecule has 1 unspecified atom stereocenters. The van der Waals surface area contributed by atoms with Gasteiger partial charge in [-0.25, -0.2) is 4.21 Å².